The number of anilines is 2. The van der Waals surface area contributed by atoms with Crippen molar-refractivity contribution in [3.8, 4) is 0 Å². The third-order valence-electron chi connectivity index (χ3n) is 5.41. The second kappa shape index (κ2) is 6.33. The monoisotopic (exact) mass is 353 g/mol. The number of nitrogens with zero attached hydrogens (tertiary/aromatic N) is 3. The van der Waals surface area contributed by atoms with Gasteiger partial charge in [0.1, 0.15) is 5.82 Å². The molecule has 0 radical (unpaired) electrons. The average molecular weight is 354 g/mol. The summed E-state index contributed by atoms with van der Waals surface area (Å²) < 4.78 is 14.8. The van der Waals surface area contributed by atoms with Gasteiger partial charge in [0.2, 0.25) is 0 Å². The zero-order valence-corrected chi connectivity index (χ0v) is 14.6. The predicted molar refractivity (Wildman–Crippen MR) is 95.5 cm³/mol. The SMILES string of the molecule is NCCC1CCN(c2c(F)cc3c(c2Cl)N(C2CC2)CN(N)C3)C1. The van der Waals surface area contributed by atoms with Crippen molar-refractivity contribution in [3.05, 3.63) is 22.5 Å². The molecule has 1 atom stereocenters. The Balaban J connectivity index is 1.70. The van der Waals surface area contributed by atoms with Gasteiger partial charge >= 0.3 is 0 Å². The van der Waals surface area contributed by atoms with E-state index in [1.165, 1.54) is 0 Å². The standard InChI is InChI=1S/C17H25ClFN5/c18-15-16-12(9-23(21)10-24(16)13-1-2-13)7-14(19)17(15)22-6-4-11(8-22)3-5-20/h7,11,13H,1-6,8-10,20-21H2. The topological polar surface area (TPSA) is 61.8 Å². The van der Waals surface area contributed by atoms with Crippen molar-refractivity contribution in [2.45, 2.75) is 38.3 Å². The fraction of sp³-hybridized carbons (Fsp3) is 0.647. The number of fused-ring (bicyclic) bond motifs is 1. The Kier molecular flexibility index (Phi) is 4.33. The minimum absolute atomic E-state index is 0.238. The first-order valence-corrected chi connectivity index (χ1v) is 9.18. The maximum Gasteiger partial charge on any atom is 0.148 e. The molecule has 1 aliphatic carbocycles. The van der Waals surface area contributed by atoms with E-state index in [0.29, 0.717) is 42.4 Å². The number of nitrogens with two attached hydrogens (primary N) is 2. The van der Waals surface area contributed by atoms with Crippen molar-refractivity contribution in [2.75, 3.05) is 36.1 Å². The molecule has 3 aliphatic rings. The highest BCUT2D eigenvalue weighted by Gasteiger charge is 2.37. The van der Waals surface area contributed by atoms with E-state index in [-0.39, 0.29) is 5.82 Å². The lowest BCUT2D eigenvalue weighted by Crippen LogP contribution is -2.47. The van der Waals surface area contributed by atoms with Crippen LogP contribution in [0.3, 0.4) is 0 Å². The molecular formula is C17H25ClFN5. The average Bonchev–Trinajstić information content (AvgIpc) is 3.27. The van der Waals surface area contributed by atoms with Crippen LogP contribution >= 0.6 is 11.6 Å². The highest BCUT2D eigenvalue weighted by Crippen LogP contribution is 2.46. The lowest BCUT2D eigenvalue weighted by Gasteiger charge is -2.38. The number of hydrogen-bond donors (Lipinski definition) is 2. The summed E-state index contributed by atoms with van der Waals surface area (Å²) in [4.78, 5) is 4.34. The second-order valence-corrected chi connectivity index (χ2v) is 7.67. The summed E-state index contributed by atoms with van der Waals surface area (Å²) in [5.41, 5.74) is 8.11. The molecule has 0 aromatic heterocycles. The highest BCUT2D eigenvalue weighted by atomic mass is 35.5. The van der Waals surface area contributed by atoms with Gasteiger partial charge in [-0.3, -0.25) is 5.84 Å². The maximum atomic E-state index is 14.8. The van der Waals surface area contributed by atoms with Crippen LogP contribution in [-0.2, 0) is 6.54 Å². The number of rotatable bonds is 4. The van der Waals surface area contributed by atoms with Crippen LogP contribution in [0.5, 0.6) is 0 Å². The fourth-order valence-corrected chi connectivity index (χ4v) is 4.53. The lowest BCUT2D eigenvalue weighted by molar-refractivity contribution is 0.258. The van der Waals surface area contributed by atoms with E-state index < -0.39 is 0 Å². The number of benzene rings is 1. The molecule has 1 unspecified atom stereocenters. The minimum atomic E-state index is -0.238. The zero-order chi connectivity index (χ0) is 16.8. The largest absolute Gasteiger partial charge is 0.368 e. The zero-order valence-electron chi connectivity index (χ0n) is 13.8. The first-order chi connectivity index (χ1) is 11.6. The summed E-state index contributed by atoms with van der Waals surface area (Å²) in [7, 11) is 0. The fourth-order valence-electron chi connectivity index (χ4n) is 4.10. The van der Waals surface area contributed by atoms with Crippen LogP contribution in [0, 0.1) is 11.7 Å². The van der Waals surface area contributed by atoms with E-state index in [2.05, 4.69) is 9.80 Å². The molecule has 1 aromatic rings. The normalized spacial score (nSPS) is 24.6. The smallest absolute Gasteiger partial charge is 0.148 e. The Morgan fingerprint density at radius 3 is 2.75 bits per heavy atom. The van der Waals surface area contributed by atoms with Crippen LogP contribution in [0.4, 0.5) is 15.8 Å². The first kappa shape index (κ1) is 16.4. The summed E-state index contributed by atoms with van der Waals surface area (Å²) in [6.07, 6.45) is 4.33. The van der Waals surface area contributed by atoms with E-state index in [0.717, 1.165) is 50.0 Å². The molecular weight excluding hydrogens is 329 g/mol. The Bertz CT molecular complexity index is 636. The number of halogens is 2. The van der Waals surface area contributed by atoms with Gasteiger partial charge in [0, 0.05) is 25.7 Å². The molecule has 132 valence electrons. The molecule has 4 N–H and O–H groups in total. The lowest BCUT2D eigenvalue weighted by atomic mass is 10.1. The molecule has 2 aliphatic heterocycles. The molecule has 24 heavy (non-hydrogen) atoms. The van der Waals surface area contributed by atoms with Crippen molar-refractivity contribution in [3.63, 3.8) is 0 Å². The quantitative estimate of drug-likeness (QED) is 0.813. The van der Waals surface area contributed by atoms with Gasteiger partial charge in [0.25, 0.3) is 0 Å². The maximum absolute atomic E-state index is 14.8. The summed E-state index contributed by atoms with van der Waals surface area (Å²) in [5, 5.41) is 2.28. The van der Waals surface area contributed by atoms with Crippen LogP contribution in [0.2, 0.25) is 5.02 Å². The van der Waals surface area contributed by atoms with Crippen LogP contribution < -0.4 is 21.4 Å². The molecule has 7 heteroatoms. The van der Waals surface area contributed by atoms with E-state index in [1.807, 2.05) is 0 Å². The Hall–Kier alpha value is -1.08. The molecule has 2 heterocycles. The Morgan fingerprint density at radius 1 is 1.25 bits per heavy atom. The molecule has 0 spiro atoms. The van der Waals surface area contributed by atoms with Crippen molar-refractivity contribution in [2.24, 2.45) is 17.5 Å². The molecule has 1 saturated heterocycles. The molecule has 1 aromatic carbocycles. The van der Waals surface area contributed by atoms with Gasteiger partial charge in [-0.25, -0.2) is 9.40 Å². The molecule has 4 rings (SSSR count). The van der Waals surface area contributed by atoms with Gasteiger partial charge in [0.15, 0.2) is 0 Å². The molecule has 0 amide bonds. The summed E-state index contributed by atoms with van der Waals surface area (Å²) in [5.74, 6) is 6.31. The van der Waals surface area contributed by atoms with Crippen LogP contribution in [0.1, 0.15) is 31.2 Å². The molecule has 0 bridgehead atoms. The third-order valence-corrected chi connectivity index (χ3v) is 5.76. The molecule has 5 nitrogen and oxygen atoms in total. The second-order valence-electron chi connectivity index (χ2n) is 7.30. The summed E-state index contributed by atoms with van der Waals surface area (Å²) in [6.45, 7) is 3.54. The summed E-state index contributed by atoms with van der Waals surface area (Å²) >= 11 is 6.74. The predicted octanol–water partition coefficient (Wildman–Crippen LogP) is 2.27. The van der Waals surface area contributed by atoms with E-state index in [4.69, 9.17) is 23.2 Å². The van der Waals surface area contributed by atoms with Gasteiger partial charge in [0.05, 0.1) is 23.1 Å². The van der Waals surface area contributed by atoms with E-state index in [9.17, 15) is 4.39 Å². The first-order valence-electron chi connectivity index (χ1n) is 8.80. The third kappa shape index (κ3) is 2.86. The Morgan fingerprint density at radius 2 is 2.04 bits per heavy atom. The number of hydrogen-bond acceptors (Lipinski definition) is 5. The molecule has 1 saturated carbocycles. The Labute approximate surface area is 147 Å². The van der Waals surface area contributed by atoms with E-state index in [1.54, 1.807) is 11.1 Å². The van der Waals surface area contributed by atoms with Gasteiger partial charge < -0.3 is 15.5 Å². The van der Waals surface area contributed by atoms with Crippen LogP contribution in [0.25, 0.3) is 0 Å². The highest BCUT2D eigenvalue weighted by molar-refractivity contribution is 6.36. The van der Waals surface area contributed by atoms with Crippen molar-refractivity contribution in [1.29, 1.82) is 0 Å². The van der Waals surface area contributed by atoms with Gasteiger partial charge in [-0.05, 0) is 49.8 Å². The van der Waals surface area contributed by atoms with Gasteiger partial charge in [-0.1, -0.05) is 11.6 Å². The van der Waals surface area contributed by atoms with Gasteiger partial charge in [-0.2, -0.15) is 0 Å². The van der Waals surface area contributed by atoms with Crippen molar-refractivity contribution >= 4 is 23.0 Å². The molecule has 2 fully saturated rings. The van der Waals surface area contributed by atoms with Crippen LogP contribution in [0.15, 0.2) is 6.07 Å². The van der Waals surface area contributed by atoms with Crippen LogP contribution in [-0.4, -0.2) is 37.4 Å². The minimum Gasteiger partial charge on any atom is -0.368 e. The van der Waals surface area contributed by atoms with Gasteiger partial charge in [-0.15, -0.1) is 0 Å². The number of hydrazine groups is 1. The van der Waals surface area contributed by atoms with E-state index >= 15 is 0 Å². The van der Waals surface area contributed by atoms with Crippen molar-refractivity contribution < 1.29 is 4.39 Å². The van der Waals surface area contributed by atoms with Crippen molar-refractivity contribution in [1.82, 2.24) is 5.01 Å². The summed E-state index contributed by atoms with van der Waals surface area (Å²) in [6, 6.07) is 2.11.